The molecule has 1 aromatic heterocycles. The van der Waals surface area contributed by atoms with E-state index in [9.17, 15) is 0 Å². The zero-order valence-corrected chi connectivity index (χ0v) is 12.9. The van der Waals surface area contributed by atoms with E-state index in [1.165, 1.54) is 0 Å². The minimum absolute atomic E-state index is 0.699. The molecule has 0 saturated carbocycles. The van der Waals surface area contributed by atoms with Crippen molar-refractivity contribution in [2.75, 3.05) is 0 Å². The van der Waals surface area contributed by atoms with Gasteiger partial charge < -0.3 is 0 Å². The van der Waals surface area contributed by atoms with Gasteiger partial charge in [0.1, 0.15) is 0 Å². The van der Waals surface area contributed by atoms with E-state index in [1.807, 2.05) is 48.5 Å². The van der Waals surface area contributed by atoms with Crippen molar-refractivity contribution in [3.05, 3.63) is 57.5 Å². The van der Waals surface area contributed by atoms with Crippen LogP contribution >= 0.6 is 31.9 Å². The summed E-state index contributed by atoms with van der Waals surface area (Å²) in [7, 11) is 0. The molecule has 0 radical (unpaired) electrons. The molecule has 0 unspecified atom stereocenters. The Labute approximate surface area is 127 Å². The van der Waals surface area contributed by atoms with Crippen LogP contribution in [0.5, 0.6) is 0 Å². The molecule has 3 nitrogen and oxygen atoms in total. The first-order valence-electron chi connectivity index (χ1n) is 5.67. The van der Waals surface area contributed by atoms with Gasteiger partial charge in [-0.25, -0.2) is 4.98 Å². The van der Waals surface area contributed by atoms with Gasteiger partial charge in [0, 0.05) is 20.1 Å². The highest BCUT2D eigenvalue weighted by molar-refractivity contribution is 9.11. The van der Waals surface area contributed by atoms with Crippen LogP contribution in [-0.2, 0) is 0 Å². The van der Waals surface area contributed by atoms with Gasteiger partial charge in [0.05, 0.1) is 0 Å². The SMILES string of the molecule is Brc1ccc(-c2nc(-c3ccccc3)n[nH]2)c(Br)c1. The lowest BCUT2D eigenvalue weighted by Gasteiger charge is -2.00. The van der Waals surface area contributed by atoms with E-state index in [1.54, 1.807) is 0 Å². The van der Waals surface area contributed by atoms with E-state index < -0.39 is 0 Å². The van der Waals surface area contributed by atoms with Crippen molar-refractivity contribution >= 4 is 31.9 Å². The van der Waals surface area contributed by atoms with Gasteiger partial charge in [-0.3, -0.25) is 5.10 Å². The summed E-state index contributed by atoms with van der Waals surface area (Å²) < 4.78 is 1.99. The molecule has 0 spiro atoms. The molecule has 3 rings (SSSR count). The Morgan fingerprint density at radius 3 is 2.47 bits per heavy atom. The van der Waals surface area contributed by atoms with Gasteiger partial charge in [-0.05, 0) is 34.1 Å². The topological polar surface area (TPSA) is 41.6 Å². The quantitative estimate of drug-likeness (QED) is 0.704. The largest absolute Gasteiger partial charge is 0.259 e. The normalized spacial score (nSPS) is 10.6. The number of halogens is 2. The second kappa shape index (κ2) is 5.27. The number of benzene rings is 2. The van der Waals surface area contributed by atoms with Gasteiger partial charge in [0.25, 0.3) is 0 Å². The van der Waals surface area contributed by atoms with E-state index >= 15 is 0 Å². The summed E-state index contributed by atoms with van der Waals surface area (Å²) in [6, 6.07) is 15.9. The third-order valence-corrected chi connectivity index (χ3v) is 3.85. The maximum Gasteiger partial charge on any atom is 0.181 e. The van der Waals surface area contributed by atoms with Gasteiger partial charge in [-0.1, -0.05) is 46.3 Å². The van der Waals surface area contributed by atoms with Gasteiger partial charge in [0.2, 0.25) is 0 Å². The summed E-state index contributed by atoms with van der Waals surface area (Å²) >= 11 is 6.97. The molecule has 0 aliphatic rings. The smallest absolute Gasteiger partial charge is 0.181 e. The summed E-state index contributed by atoms with van der Waals surface area (Å²) in [5.74, 6) is 1.45. The standard InChI is InChI=1S/C14H9Br2N3/c15-10-6-7-11(12(16)8-10)14-17-13(18-19-14)9-4-2-1-3-5-9/h1-8H,(H,17,18,19). The van der Waals surface area contributed by atoms with Crippen LogP contribution in [0.4, 0.5) is 0 Å². The van der Waals surface area contributed by atoms with Crippen LogP contribution in [0.25, 0.3) is 22.8 Å². The number of hydrogen-bond donors (Lipinski definition) is 1. The number of H-pyrrole nitrogens is 1. The molecule has 0 aliphatic carbocycles. The summed E-state index contributed by atoms with van der Waals surface area (Å²) in [6.45, 7) is 0. The van der Waals surface area contributed by atoms with Gasteiger partial charge in [-0.2, -0.15) is 5.10 Å². The van der Waals surface area contributed by atoms with Crippen LogP contribution in [0.3, 0.4) is 0 Å². The third kappa shape index (κ3) is 2.62. The maximum absolute atomic E-state index is 4.53. The molecule has 0 saturated heterocycles. The van der Waals surface area contributed by atoms with Crippen molar-refractivity contribution < 1.29 is 0 Å². The zero-order valence-electron chi connectivity index (χ0n) is 9.77. The molecule has 0 fully saturated rings. The molecule has 5 heteroatoms. The van der Waals surface area contributed by atoms with Crippen LogP contribution < -0.4 is 0 Å². The van der Waals surface area contributed by atoms with Crippen LogP contribution in [0.1, 0.15) is 0 Å². The first kappa shape index (κ1) is 12.6. The van der Waals surface area contributed by atoms with Crippen molar-refractivity contribution in [1.29, 1.82) is 0 Å². The lowest BCUT2D eigenvalue weighted by atomic mass is 10.2. The first-order valence-corrected chi connectivity index (χ1v) is 7.26. The predicted octanol–water partition coefficient (Wildman–Crippen LogP) is 4.66. The molecular formula is C14H9Br2N3. The van der Waals surface area contributed by atoms with Crippen molar-refractivity contribution in [1.82, 2.24) is 15.2 Å². The summed E-state index contributed by atoms with van der Waals surface area (Å²) in [4.78, 5) is 4.53. The molecule has 0 bridgehead atoms. The molecular weight excluding hydrogens is 370 g/mol. The highest BCUT2D eigenvalue weighted by Gasteiger charge is 2.10. The zero-order chi connectivity index (χ0) is 13.2. The van der Waals surface area contributed by atoms with Gasteiger partial charge in [0.15, 0.2) is 11.6 Å². The average molecular weight is 379 g/mol. The van der Waals surface area contributed by atoms with Crippen LogP contribution in [0.15, 0.2) is 57.5 Å². The number of nitrogens with zero attached hydrogens (tertiary/aromatic N) is 2. The predicted molar refractivity (Wildman–Crippen MR) is 82.7 cm³/mol. The van der Waals surface area contributed by atoms with E-state index in [-0.39, 0.29) is 0 Å². The van der Waals surface area contributed by atoms with E-state index in [4.69, 9.17) is 0 Å². The first-order chi connectivity index (χ1) is 9.24. The van der Waals surface area contributed by atoms with Crippen LogP contribution in [0, 0.1) is 0 Å². The minimum Gasteiger partial charge on any atom is -0.259 e. The van der Waals surface area contributed by atoms with Crippen molar-refractivity contribution in [3.63, 3.8) is 0 Å². The highest BCUT2D eigenvalue weighted by atomic mass is 79.9. The number of hydrogen-bond acceptors (Lipinski definition) is 2. The van der Waals surface area contributed by atoms with Crippen molar-refractivity contribution in [2.45, 2.75) is 0 Å². The summed E-state index contributed by atoms with van der Waals surface area (Å²) in [5.41, 5.74) is 1.98. The molecule has 0 atom stereocenters. The molecule has 1 N–H and O–H groups in total. The number of rotatable bonds is 2. The second-order valence-electron chi connectivity index (χ2n) is 4.00. The Morgan fingerprint density at radius 1 is 0.947 bits per heavy atom. The Hall–Kier alpha value is -1.46. The van der Waals surface area contributed by atoms with Gasteiger partial charge in [-0.15, -0.1) is 0 Å². The average Bonchev–Trinajstić information content (AvgIpc) is 2.89. The molecule has 0 amide bonds. The molecule has 3 aromatic rings. The van der Waals surface area contributed by atoms with Crippen LogP contribution in [0.2, 0.25) is 0 Å². The highest BCUT2D eigenvalue weighted by Crippen LogP contribution is 2.29. The fraction of sp³-hybridized carbons (Fsp3) is 0. The Balaban J connectivity index is 2.02. The monoisotopic (exact) mass is 377 g/mol. The van der Waals surface area contributed by atoms with Crippen molar-refractivity contribution in [3.8, 4) is 22.8 Å². The fourth-order valence-electron chi connectivity index (χ4n) is 1.78. The Bertz CT molecular complexity index is 708. The van der Waals surface area contributed by atoms with Crippen molar-refractivity contribution in [2.24, 2.45) is 0 Å². The Kier molecular flexibility index (Phi) is 3.48. The minimum atomic E-state index is 0.699. The van der Waals surface area contributed by atoms with E-state index in [0.717, 1.165) is 25.9 Å². The lowest BCUT2D eigenvalue weighted by Crippen LogP contribution is -1.83. The number of aromatic amines is 1. The van der Waals surface area contributed by atoms with Crippen LogP contribution in [-0.4, -0.2) is 15.2 Å². The van der Waals surface area contributed by atoms with Gasteiger partial charge >= 0.3 is 0 Å². The third-order valence-electron chi connectivity index (χ3n) is 2.70. The molecule has 0 aliphatic heterocycles. The Morgan fingerprint density at radius 2 is 1.74 bits per heavy atom. The number of aromatic nitrogens is 3. The molecule has 1 heterocycles. The molecule has 2 aromatic carbocycles. The fourth-order valence-corrected chi connectivity index (χ4v) is 3.01. The molecule has 94 valence electrons. The lowest BCUT2D eigenvalue weighted by molar-refractivity contribution is 1.10. The van der Waals surface area contributed by atoms with E-state index in [2.05, 4.69) is 47.0 Å². The molecule has 19 heavy (non-hydrogen) atoms. The second-order valence-corrected chi connectivity index (χ2v) is 5.77. The maximum atomic E-state index is 4.53. The summed E-state index contributed by atoms with van der Waals surface area (Å²) in [6.07, 6.45) is 0. The summed E-state index contributed by atoms with van der Waals surface area (Å²) in [5, 5.41) is 7.23. The van der Waals surface area contributed by atoms with E-state index in [0.29, 0.717) is 5.82 Å². The number of nitrogens with one attached hydrogen (secondary N) is 1.